The van der Waals surface area contributed by atoms with Gasteiger partial charge in [0.2, 0.25) is 0 Å². The maximum Gasteiger partial charge on any atom is 0.257 e. The third-order valence-corrected chi connectivity index (χ3v) is 5.80. The summed E-state index contributed by atoms with van der Waals surface area (Å²) >= 11 is 0. The van der Waals surface area contributed by atoms with Crippen LogP contribution >= 0.6 is 0 Å². The number of aromatic nitrogens is 4. The zero-order valence-electron chi connectivity index (χ0n) is 18.7. The Kier molecular flexibility index (Phi) is 5.55. The smallest absolute Gasteiger partial charge is 0.257 e. The van der Waals surface area contributed by atoms with E-state index in [9.17, 15) is 4.79 Å². The quantitative estimate of drug-likeness (QED) is 0.533. The summed E-state index contributed by atoms with van der Waals surface area (Å²) in [6.45, 7) is 10.8. The summed E-state index contributed by atoms with van der Waals surface area (Å²) in [6.07, 6.45) is 4.10. The minimum absolute atomic E-state index is 0.204. The van der Waals surface area contributed by atoms with Crippen molar-refractivity contribution >= 4 is 11.6 Å². The van der Waals surface area contributed by atoms with Crippen molar-refractivity contribution < 1.29 is 4.79 Å². The summed E-state index contributed by atoms with van der Waals surface area (Å²) in [6, 6.07) is 10.1. The Morgan fingerprint density at radius 2 is 1.77 bits per heavy atom. The molecule has 0 saturated heterocycles. The first-order chi connectivity index (χ1) is 14.8. The molecule has 0 spiro atoms. The third kappa shape index (κ3) is 4.06. The van der Waals surface area contributed by atoms with Crippen LogP contribution in [0.15, 0.2) is 42.7 Å². The molecule has 6 heteroatoms. The second-order valence-electron chi connectivity index (χ2n) is 8.11. The van der Waals surface area contributed by atoms with Crippen molar-refractivity contribution in [1.82, 2.24) is 24.9 Å². The maximum atomic E-state index is 12.8. The van der Waals surface area contributed by atoms with Crippen LogP contribution in [0.3, 0.4) is 0 Å². The molecule has 0 aliphatic heterocycles. The number of rotatable bonds is 5. The van der Waals surface area contributed by atoms with E-state index >= 15 is 0 Å². The lowest BCUT2D eigenvalue weighted by molar-refractivity contribution is 0.0952. The molecule has 4 aromatic rings. The van der Waals surface area contributed by atoms with Crippen LogP contribution in [-0.2, 0) is 13.0 Å². The van der Waals surface area contributed by atoms with Crippen LogP contribution < -0.4 is 5.32 Å². The van der Waals surface area contributed by atoms with Crippen molar-refractivity contribution in [2.24, 2.45) is 0 Å². The first kappa shape index (κ1) is 20.7. The molecule has 0 unspecified atom stereocenters. The van der Waals surface area contributed by atoms with Gasteiger partial charge in [-0.25, -0.2) is 9.50 Å². The van der Waals surface area contributed by atoms with Gasteiger partial charge in [-0.2, -0.15) is 5.10 Å². The van der Waals surface area contributed by atoms with E-state index in [2.05, 4.69) is 48.3 Å². The molecule has 0 bridgehead atoms. The molecule has 1 N–H and O–H groups in total. The molecule has 1 amide bonds. The number of carbonyl (C=O) groups excluding carboxylic acids is 1. The van der Waals surface area contributed by atoms with Crippen LogP contribution in [0.1, 0.15) is 55.3 Å². The van der Waals surface area contributed by atoms with Crippen LogP contribution in [-0.4, -0.2) is 25.5 Å². The zero-order valence-corrected chi connectivity index (χ0v) is 18.7. The molecule has 0 radical (unpaired) electrons. The van der Waals surface area contributed by atoms with Gasteiger partial charge in [0.25, 0.3) is 5.91 Å². The molecule has 4 rings (SSSR count). The summed E-state index contributed by atoms with van der Waals surface area (Å²) in [4.78, 5) is 21.8. The van der Waals surface area contributed by atoms with Crippen LogP contribution in [0.25, 0.3) is 5.65 Å². The Morgan fingerprint density at radius 1 is 1.03 bits per heavy atom. The molecule has 158 valence electrons. The summed E-state index contributed by atoms with van der Waals surface area (Å²) in [5.41, 5.74) is 10.1. The Balaban J connectivity index is 1.65. The number of nitrogens with one attached hydrogen (secondary N) is 1. The average Bonchev–Trinajstić information content (AvgIpc) is 3.15. The topological polar surface area (TPSA) is 72.2 Å². The molecule has 3 heterocycles. The molecule has 6 nitrogen and oxygen atoms in total. The molecule has 0 saturated carbocycles. The van der Waals surface area contributed by atoms with E-state index in [4.69, 9.17) is 4.98 Å². The zero-order chi connectivity index (χ0) is 22.1. The van der Waals surface area contributed by atoms with E-state index in [0.29, 0.717) is 17.8 Å². The average molecular weight is 414 g/mol. The molecule has 1 aromatic carbocycles. The number of benzene rings is 1. The number of amides is 1. The Labute approximate surface area is 182 Å². The summed E-state index contributed by atoms with van der Waals surface area (Å²) in [5, 5.41) is 7.39. The fourth-order valence-corrected chi connectivity index (χ4v) is 4.16. The lowest BCUT2D eigenvalue weighted by Gasteiger charge is -2.15. The molecule has 31 heavy (non-hydrogen) atoms. The van der Waals surface area contributed by atoms with Crippen molar-refractivity contribution in [3.05, 3.63) is 93.2 Å². The first-order valence-corrected chi connectivity index (χ1v) is 10.4. The predicted molar refractivity (Wildman–Crippen MR) is 121 cm³/mol. The fourth-order valence-electron chi connectivity index (χ4n) is 4.16. The number of pyridine rings is 1. The minimum atomic E-state index is -0.204. The third-order valence-electron chi connectivity index (χ3n) is 5.80. The van der Waals surface area contributed by atoms with Gasteiger partial charge in [-0.05, 0) is 69.0 Å². The van der Waals surface area contributed by atoms with Crippen molar-refractivity contribution in [1.29, 1.82) is 0 Å². The van der Waals surface area contributed by atoms with Gasteiger partial charge < -0.3 is 5.32 Å². The molecule has 0 aliphatic rings. The van der Waals surface area contributed by atoms with Crippen LogP contribution in [0, 0.1) is 34.6 Å². The number of aryl methyl sites for hydroxylation is 5. The number of nitrogens with zero attached hydrogens (tertiary/aromatic N) is 4. The van der Waals surface area contributed by atoms with Gasteiger partial charge in [0, 0.05) is 24.0 Å². The predicted octanol–water partition coefficient (Wildman–Crippen LogP) is 4.19. The highest BCUT2D eigenvalue weighted by Gasteiger charge is 2.19. The van der Waals surface area contributed by atoms with Crippen LogP contribution in [0.5, 0.6) is 0 Å². The van der Waals surface area contributed by atoms with E-state index in [-0.39, 0.29) is 5.91 Å². The van der Waals surface area contributed by atoms with Gasteiger partial charge in [0.1, 0.15) is 5.56 Å². The Hall–Kier alpha value is -3.54. The van der Waals surface area contributed by atoms with Crippen LogP contribution in [0.2, 0.25) is 0 Å². The van der Waals surface area contributed by atoms with Crippen molar-refractivity contribution in [2.45, 2.75) is 47.6 Å². The van der Waals surface area contributed by atoms with Gasteiger partial charge in [-0.3, -0.25) is 9.78 Å². The Morgan fingerprint density at radius 3 is 2.45 bits per heavy atom. The summed E-state index contributed by atoms with van der Waals surface area (Å²) in [5.74, 6) is -0.204. The van der Waals surface area contributed by atoms with E-state index < -0.39 is 0 Å². The highest BCUT2D eigenvalue weighted by atomic mass is 16.1. The molecule has 0 aliphatic carbocycles. The number of hydrogen-bond donors (Lipinski definition) is 1. The van der Waals surface area contributed by atoms with Crippen molar-refractivity contribution in [3.8, 4) is 0 Å². The van der Waals surface area contributed by atoms with E-state index in [1.54, 1.807) is 16.9 Å². The van der Waals surface area contributed by atoms with E-state index in [0.717, 1.165) is 29.1 Å². The molecular formula is C25H27N5O. The van der Waals surface area contributed by atoms with Crippen molar-refractivity contribution in [2.75, 3.05) is 0 Å². The van der Waals surface area contributed by atoms with E-state index in [1.807, 2.05) is 32.0 Å². The van der Waals surface area contributed by atoms with Gasteiger partial charge in [-0.1, -0.05) is 23.8 Å². The lowest BCUT2D eigenvalue weighted by atomic mass is 9.93. The largest absolute Gasteiger partial charge is 0.346 e. The summed E-state index contributed by atoms with van der Waals surface area (Å²) < 4.78 is 1.77. The van der Waals surface area contributed by atoms with Crippen LogP contribution in [0.4, 0.5) is 0 Å². The van der Waals surface area contributed by atoms with Gasteiger partial charge >= 0.3 is 0 Å². The molecule has 3 aromatic heterocycles. The number of hydrogen-bond acceptors (Lipinski definition) is 4. The van der Waals surface area contributed by atoms with E-state index in [1.165, 1.54) is 22.3 Å². The van der Waals surface area contributed by atoms with Gasteiger partial charge in [-0.15, -0.1) is 0 Å². The molecule has 0 fully saturated rings. The Bertz CT molecular complexity index is 1250. The monoisotopic (exact) mass is 413 g/mol. The maximum absolute atomic E-state index is 12.8. The first-order valence-electron chi connectivity index (χ1n) is 10.4. The SMILES string of the molecule is Cc1cc(C)c(Cc2c(C)nc3c(C(=O)NCc4ccccn4)cnn3c2C)c(C)c1. The number of fused-ring (bicyclic) bond motifs is 1. The highest BCUT2D eigenvalue weighted by Crippen LogP contribution is 2.24. The second kappa shape index (κ2) is 8.30. The fraction of sp³-hybridized carbons (Fsp3) is 0.280. The van der Waals surface area contributed by atoms with Gasteiger partial charge in [0.15, 0.2) is 5.65 Å². The minimum Gasteiger partial charge on any atom is -0.346 e. The molecule has 0 atom stereocenters. The highest BCUT2D eigenvalue weighted by molar-refractivity contribution is 5.99. The molecular weight excluding hydrogens is 386 g/mol. The second-order valence-corrected chi connectivity index (χ2v) is 8.11. The van der Waals surface area contributed by atoms with Crippen molar-refractivity contribution in [3.63, 3.8) is 0 Å². The summed E-state index contributed by atoms with van der Waals surface area (Å²) in [7, 11) is 0. The van der Waals surface area contributed by atoms with Gasteiger partial charge in [0.05, 0.1) is 18.4 Å². The number of carbonyl (C=O) groups is 1. The lowest BCUT2D eigenvalue weighted by Crippen LogP contribution is -2.23. The standard InChI is InChI=1S/C25H27N5O/c1-15-10-16(2)21(17(3)11-15)12-22-18(4)29-24-23(14-28-30(24)19(22)5)25(31)27-13-20-8-6-7-9-26-20/h6-11,14H,12-13H2,1-5H3,(H,27,31). The normalized spacial score (nSPS) is 11.1.